The van der Waals surface area contributed by atoms with E-state index in [-0.39, 0.29) is 0 Å². The van der Waals surface area contributed by atoms with Gasteiger partial charge in [-0.3, -0.25) is 0 Å². The molecule has 2 heterocycles. The third-order valence-corrected chi connectivity index (χ3v) is 3.31. The van der Waals surface area contributed by atoms with Gasteiger partial charge in [0.05, 0.1) is 19.4 Å². The fraction of sp³-hybridized carbons (Fsp3) is 0.615. The van der Waals surface area contributed by atoms with Gasteiger partial charge >= 0.3 is 0 Å². The molecule has 0 saturated carbocycles. The van der Waals surface area contributed by atoms with Gasteiger partial charge in [0.2, 0.25) is 5.88 Å². The summed E-state index contributed by atoms with van der Waals surface area (Å²) < 4.78 is 10.4. The normalized spacial score (nSPS) is 19.9. The average molecular weight is 251 g/mol. The van der Waals surface area contributed by atoms with Crippen molar-refractivity contribution >= 4 is 11.5 Å². The number of nitrogen functional groups attached to an aromatic ring is 1. The highest BCUT2D eigenvalue weighted by atomic mass is 16.5. The number of anilines is 2. The summed E-state index contributed by atoms with van der Waals surface area (Å²) in [5, 5.41) is 0. The van der Waals surface area contributed by atoms with Crippen molar-refractivity contribution in [3.05, 3.63) is 12.1 Å². The molecule has 0 radical (unpaired) electrons. The Kier molecular flexibility index (Phi) is 4.25. The number of methoxy groups -OCH3 is 2. The van der Waals surface area contributed by atoms with Crippen LogP contribution in [0, 0.1) is 5.92 Å². The molecular formula is C13H21N3O2. The fourth-order valence-corrected chi connectivity index (χ4v) is 2.43. The van der Waals surface area contributed by atoms with Gasteiger partial charge in [0.1, 0.15) is 5.82 Å². The smallest absolute Gasteiger partial charge is 0.238 e. The van der Waals surface area contributed by atoms with Crippen molar-refractivity contribution in [2.24, 2.45) is 5.92 Å². The highest BCUT2D eigenvalue weighted by Gasteiger charge is 2.21. The SMILES string of the molecule is COCC1CCCN(c2ccc(N)c(OC)n2)C1. The summed E-state index contributed by atoms with van der Waals surface area (Å²) in [7, 11) is 3.34. The zero-order chi connectivity index (χ0) is 13.0. The summed E-state index contributed by atoms with van der Waals surface area (Å²) in [6.45, 7) is 2.82. The van der Waals surface area contributed by atoms with E-state index in [9.17, 15) is 0 Å². The van der Waals surface area contributed by atoms with E-state index in [2.05, 4.69) is 9.88 Å². The minimum absolute atomic E-state index is 0.501. The van der Waals surface area contributed by atoms with E-state index >= 15 is 0 Å². The summed E-state index contributed by atoms with van der Waals surface area (Å²) in [5.41, 5.74) is 6.35. The Morgan fingerprint density at radius 2 is 2.28 bits per heavy atom. The average Bonchev–Trinajstić information content (AvgIpc) is 2.40. The molecule has 1 aromatic heterocycles. The van der Waals surface area contributed by atoms with Gasteiger partial charge in [-0.1, -0.05) is 0 Å². The molecular weight excluding hydrogens is 230 g/mol. The molecule has 18 heavy (non-hydrogen) atoms. The molecule has 1 aromatic rings. The predicted octanol–water partition coefficient (Wildman–Crippen LogP) is 1.54. The molecule has 0 bridgehead atoms. The van der Waals surface area contributed by atoms with Crippen LogP contribution >= 0.6 is 0 Å². The molecule has 0 aromatic carbocycles. The second-order valence-corrected chi connectivity index (χ2v) is 4.68. The molecule has 0 aliphatic carbocycles. The van der Waals surface area contributed by atoms with Gasteiger partial charge in [0.25, 0.3) is 0 Å². The summed E-state index contributed by atoms with van der Waals surface area (Å²) in [4.78, 5) is 6.72. The van der Waals surface area contributed by atoms with Gasteiger partial charge in [-0.2, -0.15) is 4.98 Å². The Morgan fingerprint density at radius 3 is 3.00 bits per heavy atom. The molecule has 5 nitrogen and oxygen atoms in total. The molecule has 2 N–H and O–H groups in total. The number of nitrogens with two attached hydrogens (primary N) is 1. The van der Waals surface area contributed by atoms with Gasteiger partial charge in [-0.15, -0.1) is 0 Å². The van der Waals surface area contributed by atoms with Crippen molar-refractivity contribution in [1.82, 2.24) is 4.98 Å². The van der Waals surface area contributed by atoms with Gasteiger partial charge in [-0.05, 0) is 30.9 Å². The van der Waals surface area contributed by atoms with Crippen molar-refractivity contribution in [1.29, 1.82) is 0 Å². The van der Waals surface area contributed by atoms with Crippen molar-refractivity contribution in [2.75, 3.05) is 44.5 Å². The van der Waals surface area contributed by atoms with Crippen LogP contribution in [-0.2, 0) is 4.74 Å². The van der Waals surface area contributed by atoms with E-state index in [1.807, 2.05) is 12.1 Å². The van der Waals surface area contributed by atoms with Crippen LogP contribution in [0.5, 0.6) is 5.88 Å². The molecule has 1 aliphatic rings. The summed E-state index contributed by atoms with van der Waals surface area (Å²) >= 11 is 0. The Morgan fingerprint density at radius 1 is 1.44 bits per heavy atom. The Hall–Kier alpha value is -1.49. The Labute approximate surface area is 108 Å². The first kappa shape index (κ1) is 13.0. The van der Waals surface area contributed by atoms with E-state index in [4.69, 9.17) is 15.2 Å². The molecule has 1 unspecified atom stereocenters. The van der Waals surface area contributed by atoms with Crippen LogP contribution in [-0.4, -0.2) is 38.9 Å². The van der Waals surface area contributed by atoms with E-state index in [0.717, 1.165) is 25.5 Å². The first-order chi connectivity index (χ1) is 8.74. The number of hydrogen-bond acceptors (Lipinski definition) is 5. The topological polar surface area (TPSA) is 60.6 Å². The van der Waals surface area contributed by atoms with Crippen molar-refractivity contribution < 1.29 is 9.47 Å². The fourth-order valence-electron chi connectivity index (χ4n) is 2.43. The largest absolute Gasteiger partial charge is 0.479 e. The molecule has 100 valence electrons. The zero-order valence-electron chi connectivity index (χ0n) is 11.1. The second kappa shape index (κ2) is 5.91. The van der Waals surface area contributed by atoms with Crippen LogP contribution in [0.25, 0.3) is 0 Å². The predicted molar refractivity (Wildman–Crippen MR) is 72.0 cm³/mol. The Balaban J connectivity index is 2.10. The third kappa shape index (κ3) is 2.85. The Bertz CT molecular complexity index is 396. The highest BCUT2D eigenvalue weighted by molar-refractivity contribution is 5.54. The lowest BCUT2D eigenvalue weighted by Gasteiger charge is -2.33. The van der Waals surface area contributed by atoms with E-state index in [1.54, 1.807) is 14.2 Å². The maximum Gasteiger partial charge on any atom is 0.238 e. The van der Waals surface area contributed by atoms with E-state index in [1.165, 1.54) is 12.8 Å². The first-order valence-corrected chi connectivity index (χ1v) is 6.29. The lowest BCUT2D eigenvalue weighted by atomic mass is 9.99. The van der Waals surface area contributed by atoms with Crippen LogP contribution in [0.4, 0.5) is 11.5 Å². The number of nitrogens with zero attached hydrogens (tertiary/aromatic N) is 2. The number of hydrogen-bond donors (Lipinski definition) is 1. The molecule has 1 aliphatic heterocycles. The van der Waals surface area contributed by atoms with Gasteiger partial charge in [0, 0.05) is 20.2 Å². The number of piperidine rings is 1. The number of rotatable bonds is 4. The minimum Gasteiger partial charge on any atom is -0.479 e. The quantitative estimate of drug-likeness (QED) is 0.879. The number of aromatic nitrogens is 1. The summed E-state index contributed by atoms with van der Waals surface area (Å²) in [6, 6.07) is 3.80. The second-order valence-electron chi connectivity index (χ2n) is 4.68. The maximum atomic E-state index is 5.78. The lowest BCUT2D eigenvalue weighted by molar-refractivity contribution is 0.143. The minimum atomic E-state index is 0.501. The van der Waals surface area contributed by atoms with Gasteiger partial charge < -0.3 is 20.1 Å². The standard InChI is InChI=1S/C13H21N3O2/c1-17-9-10-4-3-7-16(8-10)12-6-5-11(14)13(15-12)18-2/h5-6,10H,3-4,7-9,14H2,1-2H3. The van der Waals surface area contributed by atoms with Crippen LogP contribution < -0.4 is 15.4 Å². The summed E-state index contributed by atoms with van der Waals surface area (Å²) in [6.07, 6.45) is 2.39. The van der Waals surface area contributed by atoms with E-state index < -0.39 is 0 Å². The maximum absolute atomic E-state index is 5.78. The molecule has 5 heteroatoms. The third-order valence-electron chi connectivity index (χ3n) is 3.31. The van der Waals surface area contributed by atoms with Crippen molar-refractivity contribution in [3.63, 3.8) is 0 Å². The van der Waals surface area contributed by atoms with Crippen LogP contribution in [0.15, 0.2) is 12.1 Å². The van der Waals surface area contributed by atoms with Crippen molar-refractivity contribution in [2.45, 2.75) is 12.8 Å². The van der Waals surface area contributed by atoms with Gasteiger partial charge in [0.15, 0.2) is 0 Å². The summed E-state index contributed by atoms with van der Waals surface area (Å²) in [5.74, 6) is 2.01. The molecule has 1 saturated heterocycles. The number of pyridine rings is 1. The molecule has 1 atom stereocenters. The monoisotopic (exact) mass is 251 g/mol. The van der Waals surface area contributed by atoms with Gasteiger partial charge in [-0.25, -0.2) is 0 Å². The van der Waals surface area contributed by atoms with E-state index in [0.29, 0.717) is 17.5 Å². The van der Waals surface area contributed by atoms with Crippen LogP contribution in [0.1, 0.15) is 12.8 Å². The first-order valence-electron chi connectivity index (χ1n) is 6.29. The molecule has 1 fully saturated rings. The van der Waals surface area contributed by atoms with Crippen LogP contribution in [0.2, 0.25) is 0 Å². The number of ether oxygens (including phenoxy) is 2. The van der Waals surface area contributed by atoms with Crippen LogP contribution in [0.3, 0.4) is 0 Å². The molecule has 0 amide bonds. The zero-order valence-corrected chi connectivity index (χ0v) is 11.1. The lowest BCUT2D eigenvalue weighted by Crippen LogP contribution is -2.37. The molecule has 0 spiro atoms. The van der Waals surface area contributed by atoms with Crippen molar-refractivity contribution in [3.8, 4) is 5.88 Å². The highest BCUT2D eigenvalue weighted by Crippen LogP contribution is 2.26. The molecule has 2 rings (SSSR count).